The van der Waals surface area contributed by atoms with Gasteiger partial charge >= 0.3 is 0 Å². The Hall–Kier alpha value is -1.46. The zero-order valence-corrected chi connectivity index (χ0v) is 13.7. The Morgan fingerprint density at radius 3 is 2.10 bits per heavy atom. The highest BCUT2D eigenvalue weighted by molar-refractivity contribution is 5.53. The monoisotopic (exact) mass is 297 g/mol. The highest BCUT2D eigenvalue weighted by Gasteiger charge is 2.12. The summed E-state index contributed by atoms with van der Waals surface area (Å²) in [4.78, 5) is 0. The van der Waals surface area contributed by atoms with Crippen molar-refractivity contribution in [3.63, 3.8) is 0 Å². The van der Waals surface area contributed by atoms with Crippen LogP contribution in [0.5, 0.6) is 17.2 Å². The average molecular weight is 297 g/mol. The molecule has 0 amide bonds. The molecule has 0 aromatic heterocycles. The van der Waals surface area contributed by atoms with Gasteiger partial charge in [0, 0.05) is 13.2 Å². The summed E-state index contributed by atoms with van der Waals surface area (Å²) < 4.78 is 21.5. The molecule has 0 aliphatic heterocycles. The third kappa shape index (κ3) is 5.81. The predicted molar refractivity (Wildman–Crippen MR) is 83.5 cm³/mol. The van der Waals surface area contributed by atoms with Crippen LogP contribution in [0.3, 0.4) is 0 Å². The van der Waals surface area contributed by atoms with Crippen LogP contribution < -0.4 is 19.5 Å². The summed E-state index contributed by atoms with van der Waals surface area (Å²) in [6.45, 7) is 6.52. The second kappa shape index (κ2) is 9.47. The van der Waals surface area contributed by atoms with E-state index < -0.39 is 0 Å². The molecule has 5 heteroatoms. The van der Waals surface area contributed by atoms with E-state index >= 15 is 0 Å². The number of methoxy groups -OCH3 is 3. The van der Waals surface area contributed by atoms with Crippen LogP contribution in [0.1, 0.15) is 25.8 Å². The van der Waals surface area contributed by atoms with Crippen LogP contribution >= 0.6 is 0 Å². The third-order valence-corrected chi connectivity index (χ3v) is 3.00. The van der Waals surface area contributed by atoms with E-state index in [4.69, 9.17) is 18.9 Å². The van der Waals surface area contributed by atoms with Gasteiger partial charge in [0.15, 0.2) is 11.5 Å². The minimum atomic E-state index is 0.292. The van der Waals surface area contributed by atoms with Gasteiger partial charge in [-0.15, -0.1) is 0 Å². The molecule has 0 saturated heterocycles. The van der Waals surface area contributed by atoms with E-state index in [-0.39, 0.29) is 0 Å². The number of nitrogens with one attached hydrogen (secondary N) is 1. The standard InChI is InChI=1S/C16H27NO4/c1-12(2)21-8-6-7-17-11-13-9-14(18-3)16(20-5)15(10-13)19-4/h9-10,12,17H,6-8,11H2,1-5H3. The molecule has 0 saturated carbocycles. The highest BCUT2D eigenvalue weighted by Crippen LogP contribution is 2.38. The van der Waals surface area contributed by atoms with Crippen molar-refractivity contribution < 1.29 is 18.9 Å². The first-order valence-electron chi connectivity index (χ1n) is 7.23. The Kier molecular flexibility index (Phi) is 7.93. The maximum absolute atomic E-state index is 5.50. The van der Waals surface area contributed by atoms with Crippen LogP contribution in [0.15, 0.2) is 12.1 Å². The molecule has 21 heavy (non-hydrogen) atoms. The maximum atomic E-state index is 5.50. The quantitative estimate of drug-likeness (QED) is 0.673. The first-order chi connectivity index (χ1) is 10.1. The van der Waals surface area contributed by atoms with Crippen LogP contribution in [0.4, 0.5) is 0 Å². The second-order valence-corrected chi connectivity index (χ2v) is 4.98. The fraction of sp³-hybridized carbons (Fsp3) is 0.625. The van der Waals surface area contributed by atoms with Crippen molar-refractivity contribution in [1.29, 1.82) is 0 Å². The summed E-state index contributed by atoms with van der Waals surface area (Å²) in [6, 6.07) is 3.91. The highest BCUT2D eigenvalue weighted by atomic mass is 16.5. The van der Waals surface area contributed by atoms with Gasteiger partial charge in [-0.2, -0.15) is 0 Å². The third-order valence-electron chi connectivity index (χ3n) is 3.00. The summed E-state index contributed by atoms with van der Waals surface area (Å²) in [5.41, 5.74) is 1.09. The number of rotatable bonds is 10. The predicted octanol–water partition coefficient (Wildman–Crippen LogP) is 2.62. The number of ether oxygens (including phenoxy) is 4. The molecule has 1 aromatic rings. The van der Waals surface area contributed by atoms with Crippen molar-refractivity contribution in [2.75, 3.05) is 34.5 Å². The van der Waals surface area contributed by atoms with Crippen LogP contribution in [0, 0.1) is 0 Å². The first-order valence-corrected chi connectivity index (χ1v) is 7.23. The van der Waals surface area contributed by atoms with Crippen molar-refractivity contribution in [1.82, 2.24) is 5.32 Å². The van der Waals surface area contributed by atoms with Crippen LogP contribution in [-0.2, 0) is 11.3 Å². The van der Waals surface area contributed by atoms with Gasteiger partial charge in [-0.05, 0) is 44.5 Å². The average Bonchev–Trinajstić information content (AvgIpc) is 2.49. The van der Waals surface area contributed by atoms with Crippen molar-refractivity contribution >= 4 is 0 Å². The zero-order chi connectivity index (χ0) is 15.7. The van der Waals surface area contributed by atoms with Crippen molar-refractivity contribution in [2.24, 2.45) is 0 Å². The first kappa shape index (κ1) is 17.6. The van der Waals surface area contributed by atoms with E-state index in [1.807, 2.05) is 26.0 Å². The van der Waals surface area contributed by atoms with Gasteiger partial charge in [-0.3, -0.25) is 0 Å². The Morgan fingerprint density at radius 1 is 1.00 bits per heavy atom. The molecule has 0 bridgehead atoms. The van der Waals surface area contributed by atoms with Gasteiger partial charge in [0.2, 0.25) is 5.75 Å². The molecule has 1 aromatic carbocycles. The summed E-state index contributed by atoms with van der Waals surface area (Å²) in [7, 11) is 4.85. The smallest absolute Gasteiger partial charge is 0.203 e. The topological polar surface area (TPSA) is 49.0 Å². The SMILES string of the molecule is COc1cc(CNCCCOC(C)C)cc(OC)c1OC. The van der Waals surface area contributed by atoms with E-state index in [0.29, 0.717) is 23.4 Å². The summed E-state index contributed by atoms with van der Waals surface area (Å²) >= 11 is 0. The molecule has 0 atom stereocenters. The van der Waals surface area contributed by atoms with E-state index in [1.165, 1.54) is 0 Å². The zero-order valence-electron chi connectivity index (χ0n) is 13.7. The minimum Gasteiger partial charge on any atom is -0.493 e. The molecule has 0 spiro atoms. The summed E-state index contributed by atoms with van der Waals surface area (Å²) in [5.74, 6) is 1.97. The largest absolute Gasteiger partial charge is 0.493 e. The van der Waals surface area contributed by atoms with Crippen LogP contribution in [0.25, 0.3) is 0 Å². The molecule has 1 rings (SSSR count). The second-order valence-electron chi connectivity index (χ2n) is 4.98. The van der Waals surface area contributed by atoms with Gasteiger partial charge < -0.3 is 24.3 Å². The van der Waals surface area contributed by atoms with E-state index in [9.17, 15) is 0 Å². The molecule has 0 aliphatic rings. The summed E-state index contributed by atoms with van der Waals surface area (Å²) in [6.07, 6.45) is 1.28. The molecule has 0 fully saturated rings. The molecule has 0 radical (unpaired) electrons. The van der Waals surface area contributed by atoms with E-state index in [1.54, 1.807) is 21.3 Å². The Labute approximate surface area is 127 Å². The van der Waals surface area contributed by atoms with Crippen LogP contribution in [-0.4, -0.2) is 40.6 Å². The number of hydrogen-bond donors (Lipinski definition) is 1. The summed E-state index contributed by atoms with van der Waals surface area (Å²) in [5, 5.41) is 3.38. The number of benzene rings is 1. The Bertz CT molecular complexity index is 396. The van der Waals surface area contributed by atoms with Gasteiger partial charge in [0.25, 0.3) is 0 Å². The Balaban J connectivity index is 2.51. The van der Waals surface area contributed by atoms with Gasteiger partial charge in [0.05, 0.1) is 27.4 Å². The van der Waals surface area contributed by atoms with Crippen molar-refractivity contribution in [3.8, 4) is 17.2 Å². The van der Waals surface area contributed by atoms with Gasteiger partial charge in [-0.1, -0.05) is 0 Å². The van der Waals surface area contributed by atoms with E-state index in [0.717, 1.165) is 31.7 Å². The fourth-order valence-corrected chi connectivity index (χ4v) is 1.99. The van der Waals surface area contributed by atoms with E-state index in [2.05, 4.69) is 5.32 Å². The molecular formula is C16H27NO4. The minimum absolute atomic E-state index is 0.292. The molecule has 120 valence electrons. The molecule has 5 nitrogen and oxygen atoms in total. The molecule has 0 heterocycles. The molecule has 1 N–H and O–H groups in total. The number of hydrogen-bond acceptors (Lipinski definition) is 5. The lowest BCUT2D eigenvalue weighted by Crippen LogP contribution is -2.17. The fourth-order valence-electron chi connectivity index (χ4n) is 1.99. The molecular weight excluding hydrogens is 270 g/mol. The van der Waals surface area contributed by atoms with Crippen molar-refractivity contribution in [2.45, 2.75) is 32.9 Å². The molecule has 0 aliphatic carbocycles. The lowest BCUT2D eigenvalue weighted by atomic mass is 10.1. The van der Waals surface area contributed by atoms with Crippen LogP contribution in [0.2, 0.25) is 0 Å². The lowest BCUT2D eigenvalue weighted by molar-refractivity contribution is 0.0770. The van der Waals surface area contributed by atoms with Crippen molar-refractivity contribution in [3.05, 3.63) is 17.7 Å². The Morgan fingerprint density at radius 2 is 1.62 bits per heavy atom. The molecule has 0 unspecified atom stereocenters. The van der Waals surface area contributed by atoms with Gasteiger partial charge in [0.1, 0.15) is 0 Å². The normalized spacial score (nSPS) is 10.8. The maximum Gasteiger partial charge on any atom is 0.203 e. The lowest BCUT2D eigenvalue weighted by Gasteiger charge is -2.14. The van der Waals surface area contributed by atoms with Gasteiger partial charge in [-0.25, -0.2) is 0 Å².